The fraction of sp³-hybridized carbons (Fsp3) is 0.727. The van der Waals surface area contributed by atoms with Crippen LogP contribution >= 0.6 is 0 Å². The van der Waals surface area contributed by atoms with Crippen molar-refractivity contribution in [1.82, 2.24) is 5.32 Å². The fourth-order valence-electron chi connectivity index (χ4n) is 1.26. The van der Waals surface area contributed by atoms with Crippen molar-refractivity contribution < 1.29 is 9.53 Å². The van der Waals surface area contributed by atoms with Crippen LogP contribution in [0.4, 0.5) is 0 Å². The van der Waals surface area contributed by atoms with Crippen LogP contribution in [0.5, 0.6) is 0 Å². The third-order valence-corrected chi connectivity index (χ3v) is 1.99. The Morgan fingerprint density at radius 3 is 2.64 bits per heavy atom. The van der Waals surface area contributed by atoms with Crippen molar-refractivity contribution >= 4 is 5.97 Å². The van der Waals surface area contributed by atoms with Crippen molar-refractivity contribution in [3.63, 3.8) is 0 Å². The Kier molecular flexibility index (Phi) is 7.11. The highest BCUT2D eigenvalue weighted by molar-refractivity contribution is 5.75. The fourth-order valence-corrected chi connectivity index (χ4v) is 1.26. The minimum Gasteiger partial charge on any atom is -0.465 e. The Balaban J connectivity index is 4.00. The van der Waals surface area contributed by atoms with Gasteiger partial charge in [0.25, 0.3) is 0 Å². The number of hydrogen-bond acceptors (Lipinski definition) is 3. The average molecular weight is 199 g/mol. The van der Waals surface area contributed by atoms with Gasteiger partial charge in [0.2, 0.25) is 0 Å². The van der Waals surface area contributed by atoms with Gasteiger partial charge in [-0.15, -0.1) is 6.58 Å². The Hall–Kier alpha value is -0.830. The quantitative estimate of drug-likeness (QED) is 0.502. The second-order valence-electron chi connectivity index (χ2n) is 3.30. The molecule has 0 fully saturated rings. The molecule has 0 aliphatic heterocycles. The van der Waals surface area contributed by atoms with Crippen molar-refractivity contribution in [2.24, 2.45) is 0 Å². The summed E-state index contributed by atoms with van der Waals surface area (Å²) in [6.07, 6.45) is 3.45. The van der Waals surface area contributed by atoms with E-state index in [-0.39, 0.29) is 18.1 Å². The lowest BCUT2D eigenvalue weighted by molar-refractivity contribution is -0.145. The topological polar surface area (TPSA) is 38.3 Å². The predicted molar refractivity (Wildman–Crippen MR) is 58.1 cm³/mol. The van der Waals surface area contributed by atoms with Crippen LogP contribution in [-0.2, 0) is 9.53 Å². The first-order valence-corrected chi connectivity index (χ1v) is 5.19. The zero-order valence-electron chi connectivity index (χ0n) is 9.38. The summed E-state index contributed by atoms with van der Waals surface area (Å²) in [5.74, 6) is -0.161. The molecule has 2 atom stereocenters. The third-order valence-electron chi connectivity index (χ3n) is 1.99. The van der Waals surface area contributed by atoms with Gasteiger partial charge in [0.15, 0.2) is 0 Å². The van der Waals surface area contributed by atoms with Gasteiger partial charge in [-0.1, -0.05) is 13.0 Å². The van der Waals surface area contributed by atoms with Crippen molar-refractivity contribution in [2.75, 3.05) is 6.61 Å². The number of nitrogens with one attached hydrogen (secondary N) is 1. The summed E-state index contributed by atoms with van der Waals surface area (Å²) < 4.78 is 4.95. The van der Waals surface area contributed by atoms with E-state index in [9.17, 15) is 4.79 Å². The lowest BCUT2D eigenvalue weighted by atomic mass is 10.1. The number of carbonyl (C=O) groups is 1. The van der Waals surface area contributed by atoms with Gasteiger partial charge in [-0.3, -0.25) is 4.79 Å². The van der Waals surface area contributed by atoms with Gasteiger partial charge in [0.1, 0.15) is 6.04 Å². The van der Waals surface area contributed by atoms with Gasteiger partial charge in [0, 0.05) is 6.04 Å². The van der Waals surface area contributed by atoms with E-state index >= 15 is 0 Å². The third kappa shape index (κ3) is 5.02. The van der Waals surface area contributed by atoms with Gasteiger partial charge < -0.3 is 10.1 Å². The summed E-state index contributed by atoms with van der Waals surface area (Å²) >= 11 is 0. The van der Waals surface area contributed by atoms with Crippen LogP contribution in [0.15, 0.2) is 12.7 Å². The molecule has 0 heterocycles. The van der Waals surface area contributed by atoms with Gasteiger partial charge in [-0.2, -0.15) is 0 Å². The van der Waals surface area contributed by atoms with Crippen LogP contribution < -0.4 is 5.32 Å². The molecule has 82 valence electrons. The van der Waals surface area contributed by atoms with Gasteiger partial charge in [-0.05, 0) is 26.7 Å². The van der Waals surface area contributed by atoms with Crippen LogP contribution in [-0.4, -0.2) is 24.7 Å². The number of ether oxygens (including phenoxy) is 1. The molecule has 0 aromatic rings. The van der Waals surface area contributed by atoms with E-state index in [1.165, 1.54) is 0 Å². The summed E-state index contributed by atoms with van der Waals surface area (Å²) in [4.78, 5) is 11.4. The van der Waals surface area contributed by atoms with Crippen LogP contribution in [0, 0.1) is 0 Å². The molecular formula is C11H21NO2. The van der Waals surface area contributed by atoms with Crippen LogP contribution in [0.3, 0.4) is 0 Å². The maximum atomic E-state index is 11.4. The van der Waals surface area contributed by atoms with E-state index in [1.54, 1.807) is 0 Å². The first kappa shape index (κ1) is 13.2. The molecular weight excluding hydrogens is 178 g/mol. The summed E-state index contributed by atoms with van der Waals surface area (Å²) in [7, 11) is 0. The van der Waals surface area contributed by atoms with E-state index < -0.39 is 0 Å². The minimum absolute atomic E-state index is 0.161. The maximum Gasteiger partial charge on any atom is 0.323 e. The zero-order valence-corrected chi connectivity index (χ0v) is 9.38. The van der Waals surface area contributed by atoms with Crippen molar-refractivity contribution in [3.8, 4) is 0 Å². The second kappa shape index (κ2) is 7.56. The lowest BCUT2D eigenvalue weighted by Crippen LogP contribution is -2.42. The SMILES string of the molecule is C=CCC(C)NC(CC)C(=O)OCC. The minimum atomic E-state index is -0.190. The van der Waals surface area contributed by atoms with E-state index in [2.05, 4.69) is 11.9 Å². The van der Waals surface area contributed by atoms with Crippen molar-refractivity contribution in [3.05, 3.63) is 12.7 Å². The van der Waals surface area contributed by atoms with Gasteiger partial charge >= 0.3 is 5.97 Å². The molecule has 0 radical (unpaired) electrons. The van der Waals surface area contributed by atoms with Crippen LogP contribution in [0.1, 0.15) is 33.6 Å². The molecule has 0 aromatic heterocycles. The Morgan fingerprint density at radius 1 is 1.57 bits per heavy atom. The second-order valence-corrected chi connectivity index (χ2v) is 3.30. The molecule has 14 heavy (non-hydrogen) atoms. The lowest BCUT2D eigenvalue weighted by Gasteiger charge is -2.19. The van der Waals surface area contributed by atoms with Crippen LogP contribution in [0.2, 0.25) is 0 Å². The van der Waals surface area contributed by atoms with Gasteiger partial charge in [0.05, 0.1) is 6.61 Å². The molecule has 0 spiro atoms. The molecule has 0 amide bonds. The zero-order chi connectivity index (χ0) is 11.0. The molecule has 0 aliphatic rings. The Bertz CT molecular complexity index is 180. The summed E-state index contributed by atoms with van der Waals surface area (Å²) in [6.45, 7) is 9.91. The van der Waals surface area contributed by atoms with E-state index in [1.807, 2.05) is 26.8 Å². The molecule has 2 unspecified atom stereocenters. The standard InChI is InChI=1S/C11H21NO2/c1-5-8-9(4)12-10(6-2)11(13)14-7-3/h5,9-10,12H,1,6-8H2,2-4H3. The number of esters is 1. The molecule has 1 N–H and O–H groups in total. The average Bonchev–Trinajstić information content (AvgIpc) is 2.15. The molecule has 0 aliphatic carbocycles. The summed E-state index contributed by atoms with van der Waals surface area (Å²) in [5, 5.41) is 3.21. The van der Waals surface area contributed by atoms with Crippen molar-refractivity contribution in [2.45, 2.75) is 45.7 Å². The Morgan fingerprint density at radius 2 is 2.21 bits per heavy atom. The molecule has 0 saturated heterocycles. The molecule has 0 saturated carbocycles. The largest absolute Gasteiger partial charge is 0.465 e. The molecule has 3 heteroatoms. The van der Waals surface area contributed by atoms with Crippen molar-refractivity contribution in [1.29, 1.82) is 0 Å². The highest BCUT2D eigenvalue weighted by atomic mass is 16.5. The first-order chi connectivity index (χ1) is 6.65. The molecule has 0 aromatic carbocycles. The number of carbonyl (C=O) groups excluding carboxylic acids is 1. The Labute approximate surface area is 86.5 Å². The van der Waals surface area contributed by atoms with E-state index in [0.29, 0.717) is 6.61 Å². The van der Waals surface area contributed by atoms with E-state index in [4.69, 9.17) is 4.74 Å². The van der Waals surface area contributed by atoms with E-state index in [0.717, 1.165) is 12.8 Å². The number of rotatable bonds is 7. The monoisotopic (exact) mass is 199 g/mol. The molecule has 0 rings (SSSR count). The summed E-state index contributed by atoms with van der Waals surface area (Å²) in [6, 6.07) is 0.0757. The highest BCUT2D eigenvalue weighted by Crippen LogP contribution is 2.00. The molecule has 0 bridgehead atoms. The van der Waals surface area contributed by atoms with Crippen LogP contribution in [0.25, 0.3) is 0 Å². The smallest absolute Gasteiger partial charge is 0.323 e. The highest BCUT2D eigenvalue weighted by Gasteiger charge is 2.18. The maximum absolute atomic E-state index is 11.4. The number of hydrogen-bond donors (Lipinski definition) is 1. The summed E-state index contributed by atoms with van der Waals surface area (Å²) in [5.41, 5.74) is 0. The predicted octanol–water partition coefficient (Wildman–Crippen LogP) is 1.88. The normalized spacial score (nSPS) is 14.5. The molecule has 3 nitrogen and oxygen atoms in total. The first-order valence-electron chi connectivity index (χ1n) is 5.19. The van der Waals surface area contributed by atoms with Gasteiger partial charge in [-0.25, -0.2) is 0 Å².